The van der Waals surface area contributed by atoms with Crippen molar-refractivity contribution in [2.24, 2.45) is 12.0 Å². The molecule has 2 rings (SSSR count). The van der Waals surface area contributed by atoms with Crippen LogP contribution in [-0.4, -0.2) is 29.4 Å². The van der Waals surface area contributed by atoms with Gasteiger partial charge in [-0.3, -0.25) is 4.99 Å². The fraction of sp³-hybridized carbons (Fsp3) is 0.455. The maximum Gasteiger partial charge on any atom is 0.330 e. The van der Waals surface area contributed by atoms with Gasteiger partial charge in [-0.1, -0.05) is 0 Å². The van der Waals surface area contributed by atoms with E-state index in [9.17, 15) is 4.79 Å². The van der Waals surface area contributed by atoms with Gasteiger partial charge in [-0.25, -0.2) is 4.79 Å². The van der Waals surface area contributed by atoms with Crippen molar-refractivity contribution in [3.05, 3.63) is 24.0 Å². The molecular formula is C11H14N2O2. The molecule has 1 aliphatic rings. The van der Waals surface area contributed by atoms with Crippen LogP contribution in [0.25, 0.3) is 0 Å². The second kappa shape index (κ2) is 3.88. The number of hydrogen-bond donors (Lipinski definition) is 0. The summed E-state index contributed by atoms with van der Waals surface area (Å²) in [6.07, 6.45) is 3.58. The largest absolute Gasteiger partial charge is 0.467 e. The highest BCUT2D eigenvalue weighted by atomic mass is 16.5. The average molecular weight is 206 g/mol. The van der Waals surface area contributed by atoms with Crippen molar-refractivity contribution in [3.8, 4) is 0 Å². The van der Waals surface area contributed by atoms with Crippen LogP contribution in [0.1, 0.15) is 18.5 Å². The van der Waals surface area contributed by atoms with Crippen LogP contribution >= 0.6 is 0 Å². The van der Waals surface area contributed by atoms with Crippen LogP contribution in [0.5, 0.6) is 0 Å². The first-order valence-electron chi connectivity index (χ1n) is 4.98. The number of aryl methyl sites for hydroxylation is 1. The number of carbonyl (C=O) groups is 1. The summed E-state index contributed by atoms with van der Waals surface area (Å²) in [4.78, 5) is 15.7. The molecule has 4 nitrogen and oxygen atoms in total. The lowest BCUT2D eigenvalue weighted by Crippen LogP contribution is -2.16. The fourth-order valence-corrected chi connectivity index (χ4v) is 1.85. The Hall–Kier alpha value is -1.58. The molecule has 0 saturated carbocycles. The van der Waals surface area contributed by atoms with E-state index < -0.39 is 0 Å². The summed E-state index contributed by atoms with van der Waals surface area (Å²) < 4.78 is 6.69. The van der Waals surface area contributed by atoms with Crippen LogP contribution in [0, 0.1) is 0 Å². The number of methoxy groups -OCH3 is 1. The van der Waals surface area contributed by atoms with Crippen molar-refractivity contribution in [1.82, 2.24) is 4.57 Å². The van der Waals surface area contributed by atoms with Gasteiger partial charge in [0.15, 0.2) is 0 Å². The Morgan fingerprint density at radius 3 is 3.07 bits per heavy atom. The molecule has 15 heavy (non-hydrogen) atoms. The van der Waals surface area contributed by atoms with Crippen LogP contribution in [0.4, 0.5) is 0 Å². The summed E-state index contributed by atoms with van der Waals surface area (Å²) in [6, 6.07) is 3.68. The number of esters is 1. The molecule has 0 bridgehead atoms. The summed E-state index contributed by atoms with van der Waals surface area (Å²) in [6.45, 7) is 0. The highest BCUT2D eigenvalue weighted by molar-refractivity contribution is 6.02. The van der Waals surface area contributed by atoms with Crippen molar-refractivity contribution in [1.29, 1.82) is 0 Å². The molecule has 0 amide bonds. The van der Waals surface area contributed by atoms with Gasteiger partial charge in [-0.05, 0) is 25.0 Å². The lowest BCUT2D eigenvalue weighted by atomic mass is 10.1. The maximum atomic E-state index is 11.3. The molecule has 0 spiro atoms. The molecule has 0 N–H and O–H groups in total. The summed E-state index contributed by atoms with van der Waals surface area (Å²) in [5.41, 5.74) is 2.08. The molecule has 1 aromatic rings. The van der Waals surface area contributed by atoms with Crippen molar-refractivity contribution in [2.45, 2.75) is 18.9 Å². The molecule has 0 saturated heterocycles. The molecule has 1 aromatic heterocycles. The molecule has 2 heterocycles. The minimum atomic E-state index is -0.306. The van der Waals surface area contributed by atoms with E-state index in [1.54, 1.807) is 0 Å². The lowest BCUT2D eigenvalue weighted by molar-refractivity contribution is -0.141. The summed E-state index contributed by atoms with van der Waals surface area (Å²) >= 11 is 0. The molecule has 4 heteroatoms. The zero-order chi connectivity index (χ0) is 10.8. The summed E-state index contributed by atoms with van der Waals surface area (Å²) in [5.74, 6) is -0.237. The Morgan fingerprint density at radius 2 is 2.47 bits per heavy atom. The zero-order valence-electron chi connectivity index (χ0n) is 8.93. The van der Waals surface area contributed by atoms with Crippen LogP contribution in [0.15, 0.2) is 23.3 Å². The lowest BCUT2D eigenvalue weighted by Gasteiger charge is -2.02. The smallest absolute Gasteiger partial charge is 0.330 e. The predicted octanol–water partition coefficient (Wildman–Crippen LogP) is 1.15. The number of aliphatic imine (C=N–C) groups is 1. The van der Waals surface area contributed by atoms with Gasteiger partial charge in [0, 0.05) is 13.2 Å². The van der Waals surface area contributed by atoms with Crippen LogP contribution in [-0.2, 0) is 16.6 Å². The Balaban J connectivity index is 2.20. The Bertz CT molecular complexity index is 406. The van der Waals surface area contributed by atoms with Gasteiger partial charge in [0.05, 0.1) is 18.5 Å². The molecule has 1 aliphatic heterocycles. The molecule has 0 aromatic carbocycles. The predicted molar refractivity (Wildman–Crippen MR) is 57.0 cm³/mol. The molecule has 1 unspecified atom stereocenters. The zero-order valence-corrected chi connectivity index (χ0v) is 8.93. The number of carbonyl (C=O) groups excluding carboxylic acids is 1. The normalized spacial score (nSPS) is 20.1. The topological polar surface area (TPSA) is 43.6 Å². The molecule has 1 atom stereocenters. The van der Waals surface area contributed by atoms with Crippen LogP contribution in [0.2, 0.25) is 0 Å². The van der Waals surface area contributed by atoms with E-state index >= 15 is 0 Å². The van der Waals surface area contributed by atoms with Crippen molar-refractivity contribution in [3.63, 3.8) is 0 Å². The van der Waals surface area contributed by atoms with E-state index in [-0.39, 0.29) is 12.0 Å². The monoisotopic (exact) mass is 206 g/mol. The van der Waals surface area contributed by atoms with Gasteiger partial charge < -0.3 is 9.30 Å². The highest BCUT2D eigenvalue weighted by Crippen LogP contribution is 2.19. The van der Waals surface area contributed by atoms with E-state index in [0.29, 0.717) is 0 Å². The Labute approximate surface area is 88.6 Å². The van der Waals surface area contributed by atoms with Gasteiger partial charge in [0.2, 0.25) is 0 Å². The Morgan fingerprint density at radius 1 is 1.67 bits per heavy atom. The first kappa shape index (κ1) is 9.96. The van der Waals surface area contributed by atoms with E-state index in [4.69, 9.17) is 0 Å². The molecule has 0 aliphatic carbocycles. The number of ether oxygens (including phenoxy) is 1. The first-order chi connectivity index (χ1) is 7.22. The van der Waals surface area contributed by atoms with E-state index in [1.807, 2.05) is 29.9 Å². The minimum Gasteiger partial charge on any atom is -0.467 e. The number of hydrogen-bond acceptors (Lipinski definition) is 3. The SMILES string of the molecule is COC(=O)C1CCC(c2cccn2C)=N1. The van der Waals surface area contributed by atoms with Gasteiger partial charge >= 0.3 is 5.97 Å². The third kappa shape index (κ3) is 1.79. The molecule has 0 radical (unpaired) electrons. The van der Waals surface area contributed by atoms with Gasteiger partial charge in [0.25, 0.3) is 0 Å². The van der Waals surface area contributed by atoms with Gasteiger partial charge in [-0.15, -0.1) is 0 Å². The maximum absolute atomic E-state index is 11.3. The standard InChI is InChI=1S/C11H14N2O2/c1-13-7-3-4-10(13)8-5-6-9(12-8)11(14)15-2/h3-4,7,9H,5-6H2,1-2H3. The minimum absolute atomic E-state index is 0.237. The summed E-state index contributed by atoms with van der Waals surface area (Å²) in [5, 5.41) is 0. The van der Waals surface area contributed by atoms with E-state index in [2.05, 4.69) is 9.73 Å². The third-order valence-electron chi connectivity index (χ3n) is 2.68. The summed E-state index contributed by atoms with van der Waals surface area (Å²) in [7, 11) is 3.38. The number of aromatic nitrogens is 1. The Kier molecular flexibility index (Phi) is 2.58. The molecule has 0 fully saturated rings. The van der Waals surface area contributed by atoms with Crippen LogP contribution < -0.4 is 0 Å². The van der Waals surface area contributed by atoms with Crippen LogP contribution in [0.3, 0.4) is 0 Å². The van der Waals surface area contributed by atoms with E-state index in [1.165, 1.54) is 7.11 Å². The first-order valence-corrected chi connectivity index (χ1v) is 4.98. The van der Waals surface area contributed by atoms with Crippen molar-refractivity contribution >= 4 is 11.7 Å². The third-order valence-corrected chi connectivity index (χ3v) is 2.68. The fourth-order valence-electron chi connectivity index (χ4n) is 1.85. The van der Waals surface area contributed by atoms with Crippen molar-refractivity contribution < 1.29 is 9.53 Å². The molecular weight excluding hydrogens is 192 g/mol. The number of rotatable bonds is 2. The van der Waals surface area contributed by atoms with Gasteiger partial charge in [-0.2, -0.15) is 0 Å². The molecule has 80 valence electrons. The van der Waals surface area contributed by atoms with E-state index in [0.717, 1.165) is 24.2 Å². The van der Waals surface area contributed by atoms with Crippen molar-refractivity contribution in [2.75, 3.05) is 7.11 Å². The van der Waals surface area contributed by atoms with Gasteiger partial charge in [0.1, 0.15) is 6.04 Å². The number of nitrogens with zero attached hydrogens (tertiary/aromatic N) is 2. The average Bonchev–Trinajstić information content (AvgIpc) is 2.84. The quantitative estimate of drug-likeness (QED) is 0.681. The second-order valence-electron chi connectivity index (χ2n) is 3.66. The second-order valence-corrected chi connectivity index (χ2v) is 3.66. The highest BCUT2D eigenvalue weighted by Gasteiger charge is 2.26.